The van der Waals surface area contributed by atoms with Crippen molar-refractivity contribution in [1.29, 1.82) is 0 Å². The third-order valence-corrected chi connectivity index (χ3v) is 7.92. The van der Waals surface area contributed by atoms with E-state index in [4.69, 9.17) is 11.6 Å². The fraction of sp³-hybridized carbons (Fsp3) is 0.261. The fourth-order valence-electron chi connectivity index (χ4n) is 3.14. The van der Waals surface area contributed by atoms with Crippen LogP contribution in [0, 0.1) is 11.2 Å². The third-order valence-electron chi connectivity index (χ3n) is 4.88. The summed E-state index contributed by atoms with van der Waals surface area (Å²) in [7, 11) is 0. The zero-order chi connectivity index (χ0) is 25.3. The minimum Gasteiger partial charge on any atom is -0.299 e. The second kappa shape index (κ2) is 10.2. The van der Waals surface area contributed by atoms with Crippen molar-refractivity contribution in [2.24, 2.45) is 5.41 Å². The lowest BCUT2D eigenvalue weighted by molar-refractivity contribution is 0.0736. The van der Waals surface area contributed by atoms with Crippen molar-refractivity contribution in [3.8, 4) is 11.4 Å². The van der Waals surface area contributed by atoms with Crippen LogP contribution >= 0.6 is 46.0 Å². The molecule has 0 bridgehead atoms. The average molecular weight is 551 g/mol. The second-order valence-corrected chi connectivity index (χ2v) is 12.1. The molecule has 0 N–H and O–H groups in total. The molecule has 35 heavy (non-hydrogen) atoms. The molecular weight excluding hydrogens is 531 g/mol. The number of thiazole rings is 1. The molecule has 0 aliphatic carbocycles. The summed E-state index contributed by atoms with van der Waals surface area (Å²) >= 11 is 10.1. The van der Waals surface area contributed by atoms with Crippen LogP contribution in [0.2, 0.25) is 4.34 Å². The number of ketones is 1. The number of carbonyl (C=O) groups is 2. The van der Waals surface area contributed by atoms with Gasteiger partial charge in [0, 0.05) is 39.6 Å². The normalized spacial score (nSPS) is 11.7. The van der Waals surface area contributed by atoms with E-state index in [9.17, 15) is 18.8 Å². The Balaban J connectivity index is 1.77. The first-order chi connectivity index (χ1) is 16.5. The molecule has 0 amide bonds. The number of aromatic nitrogens is 4. The van der Waals surface area contributed by atoms with Crippen LogP contribution in [0.3, 0.4) is 0 Å². The minimum absolute atomic E-state index is 0.0973. The summed E-state index contributed by atoms with van der Waals surface area (Å²) in [6.07, 6.45) is 0. The lowest BCUT2D eigenvalue weighted by Gasteiger charge is -2.17. The predicted octanol–water partition coefficient (Wildman–Crippen LogP) is 5.88. The summed E-state index contributed by atoms with van der Waals surface area (Å²) in [6.45, 7) is 4.98. The molecule has 12 heteroatoms. The van der Waals surface area contributed by atoms with E-state index in [0.29, 0.717) is 15.1 Å². The monoisotopic (exact) mass is 550 g/mol. The van der Waals surface area contributed by atoms with Crippen molar-refractivity contribution >= 4 is 57.7 Å². The van der Waals surface area contributed by atoms with E-state index in [-0.39, 0.29) is 29.5 Å². The molecule has 0 saturated carbocycles. The fourth-order valence-corrected chi connectivity index (χ4v) is 5.82. The molecule has 0 radical (unpaired) electrons. The van der Waals surface area contributed by atoms with E-state index in [1.807, 2.05) is 6.07 Å². The summed E-state index contributed by atoms with van der Waals surface area (Å²) in [4.78, 5) is 43.5. The molecule has 7 nitrogen and oxygen atoms in total. The Hall–Kier alpha value is -2.60. The lowest BCUT2D eigenvalue weighted by atomic mass is 9.96. The van der Waals surface area contributed by atoms with Gasteiger partial charge in [0.25, 0.3) is 11.5 Å². The zero-order valence-electron chi connectivity index (χ0n) is 18.9. The molecule has 4 rings (SSSR count). The largest absolute Gasteiger partial charge is 0.299 e. The molecule has 4 aromatic rings. The van der Waals surface area contributed by atoms with E-state index in [1.165, 1.54) is 44.6 Å². The zero-order valence-corrected chi connectivity index (χ0v) is 22.2. The number of hydrogen-bond donors (Lipinski definition) is 0. The molecule has 4 heterocycles. The molecular formula is C23H20ClFN4O3S3. The van der Waals surface area contributed by atoms with Crippen LogP contribution in [0.4, 0.5) is 4.39 Å². The summed E-state index contributed by atoms with van der Waals surface area (Å²) < 4.78 is 17.4. The summed E-state index contributed by atoms with van der Waals surface area (Å²) in [6, 6.07) is 7.28. The van der Waals surface area contributed by atoms with Crippen LogP contribution in [-0.4, -0.2) is 31.0 Å². The van der Waals surface area contributed by atoms with Gasteiger partial charge in [-0.05, 0) is 12.1 Å². The SMILES string of the molecule is CC(C)(C)C(=O)n1nc(-c2cc(F)cc(=O)n2CC(=O)c2cscn2)cc1SCc1ccc(Cl)s1. The highest BCUT2D eigenvalue weighted by atomic mass is 35.5. The van der Waals surface area contributed by atoms with Crippen molar-refractivity contribution in [1.82, 2.24) is 19.3 Å². The van der Waals surface area contributed by atoms with Crippen LogP contribution in [0.25, 0.3) is 11.4 Å². The Kier molecular flexibility index (Phi) is 7.41. The van der Waals surface area contributed by atoms with Gasteiger partial charge in [0.2, 0.25) is 5.78 Å². The van der Waals surface area contributed by atoms with Crippen molar-refractivity contribution in [3.63, 3.8) is 0 Å². The van der Waals surface area contributed by atoms with E-state index in [0.717, 1.165) is 21.6 Å². The van der Waals surface area contributed by atoms with Crippen molar-refractivity contribution in [2.75, 3.05) is 0 Å². The van der Waals surface area contributed by atoms with Gasteiger partial charge in [-0.3, -0.25) is 19.0 Å². The van der Waals surface area contributed by atoms with Gasteiger partial charge in [0.15, 0.2) is 0 Å². The number of nitrogens with zero attached hydrogens (tertiary/aromatic N) is 4. The van der Waals surface area contributed by atoms with Gasteiger partial charge in [-0.25, -0.2) is 9.37 Å². The van der Waals surface area contributed by atoms with Crippen LogP contribution in [0.15, 0.2) is 51.0 Å². The van der Waals surface area contributed by atoms with Crippen LogP contribution < -0.4 is 5.56 Å². The van der Waals surface area contributed by atoms with Gasteiger partial charge >= 0.3 is 0 Å². The van der Waals surface area contributed by atoms with Gasteiger partial charge in [-0.1, -0.05) is 32.4 Å². The van der Waals surface area contributed by atoms with Gasteiger partial charge in [0.05, 0.1) is 22.1 Å². The highest BCUT2D eigenvalue weighted by Gasteiger charge is 2.28. The molecule has 0 aromatic carbocycles. The minimum atomic E-state index is -0.763. The molecule has 0 fully saturated rings. The summed E-state index contributed by atoms with van der Waals surface area (Å²) in [5.41, 5.74) is 0.606. The maximum atomic E-state index is 14.3. The molecule has 182 valence electrons. The Morgan fingerprint density at radius 3 is 2.60 bits per heavy atom. The highest BCUT2D eigenvalue weighted by molar-refractivity contribution is 7.98. The number of halogens is 2. The molecule has 0 aliphatic heterocycles. The van der Waals surface area contributed by atoms with E-state index in [1.54, 1.807) is 38.3 Å². The van der Waals surface area contributed by atoms with Crippen LogP contribution in [-0.2, 0) is 12.3 Å². The summed E-state index contributed by atoms with van der Waals surface area (Å²) in [5.74, 6) is -0.880. The first-order valence-corrected chi connectivity index (χ1v) is 13.5. The van der Waals surface area contributed by atoms with Crippen LogP contribution in [0.1, 0.15) is 40.9 Å². The van der Waals surface area contributed by atoms with Crippen molar-refractivity contribution in [2.45, 2.75) is 38.1 Å². The highest BCUT2D eigenvalue weighted by Crippen LogP contribution is 2.33. The molecule has 4 aromatic heterocycles. The number of thiophene rings is 1. The van der Waals surface area contributed by atoms with Crippen molar-refractivity contribution < 1.29 is 14.0 Å². The summed E-state index contributed by atoms with van der Waals surface area (Å²) in [5, 5.41) is 6.56. The number of thioether (sulfide) groups is 1. The topological polar surface area (TPSA) is 86.9 Å². The molecule has 0 aliphatic rings. The molecule has 0 atom stereocenters. The third kappa shape index (κ3) is 5.80. The Labute approximate surface area is 217 Å². The Morgan fingerprint density at radius 2 is 1.97 bits per heavy atom. The molecule has 0 spiro atoms. The van der Waals surface area contributed by atoms with Gasteiger partial charge < -0.3 is 0 Å². The Morgan fingerprint density at radius 1 is 1.20 bits per heavy atom. The van der Waals surface area contributed by atoms with Gasteiger partial charge in [-0.2, -0.15) is 9.78 Å². The van der Waals surface area contributed by atoms with Crippen LogP contribution in [0.5, 0.6) is 0 Å². The van der Waals surface area contributed by atoms with Gasteiger partial charge in [-0.15, -0.1) is 34.4 Å². The number of Topliss-reactive ketones (excluding diaryl/α,β-unsaturated/α-hetero) is 1. The van der Waals surface area contributed by atoms with E-state index < -0.39 is 22.6 Å². The molecule has 0 unspecified atom stereocenters. The number of pyridine rings is 1. The Bertz CT molecular complexity index is 1450. The second-order valence-electron chi connectivity index (χ2n) is 8.61. The van der Waals surface area contributed by atoms with E-state index in [2.05, 4.69) is 10.1 Å². The van der Waals surface area contributed by atoms with E-state index >= 15 is 0 Å². The number of rotatable bonds is 7. The first-order valence-electron chi connectivity index (χ1n) is 10.4. The maximum absolute atomic E-state index is 14.3. The predicted molar refractivity (Wildman–Crippen MR) is 137 cm³/mol. The molecule has 0 saturated heterocycles. The van der Waals surface area contributed by atoms with Gasteiger partial charge in [0.1, 0.15) is 22.2 Å². The maximum Gasteiger partial charge on any atom is 0.254 e. The number of hydrogen-bond acceptors (Lipinski definition) is 8. The standard InChI is InChI=1S/C23H20ClFN4O3S3/c1-23(2,3)22(32)29-21(34-10-14-4-5-19(24)35-14)8-15(27-29)17-6-13(25)7-20(31)28(17)9-18(30)16-11-33-12-26-16/h4-8,11-12H,9-10H2,1-3H3. The first kappa shape index (κ1) is 25.5. The quantitative estimate of drug-likeness (QED) is 0.211. The lowest BCUT2D eigenvalue weighted by Crippen LogP contribution is -2.28. The smallest absolute Gasteiger partial charge is 0.254 e. The average Bonchev–Trinajstić information content (AvgIpc) is 3.53. The number of carbonyl (C=O) groups excluding carboxylic acids is 2. The van der Waals surface area contributed by atoms with Crippen molar-refractivity contribution in [3.05, 3.63) is 72.3 Å².